The topological polar surface area (TPSA) is 53.5 Å². The van der Waals surface area contributed by atoms with Crippen LogP contribution in [0.15, 0.2) is 46.9 Å². The Morgan fingerprint density at radius 2 is 1.86 bits per heavy atom. The molecule has 1 saturated heterocycles. The number of hydrogen-bond donors (Lipinski definition) is 0. The Morgan fingerprint density at radius 1 is 1.14 bits per heavy atom. The smallest absolute Gasteiger partial charge is 0.311 e. The van der Waals surface area contributed by atoms with E-state index in [9.17, 15) is 9.59 Å². The molecule has 22 heavy (non-hydrogen) atoms. The Hall–Kier alpha value is -2.21. The van der Waals surface area contributed by atoms with Gasteiger partial charge in [0.1, 0.15) is 11.9 Å². The second-order valence-corrected chi connectivity index (χ2v) is 6.08. The number of nitrogens with zero attached hydrogens (tertiary/aromatic N) is 3. The number of carbonyl (C=O) groups is 2. The molecule has 1 aromatic heterocycles. The van der Waals surface area contributed by atoms with Crippen LogP contribution < -0.4 is 4.90 Å². The van der Waals surface area contributed by atoms with Crippen LogP contribution in [0.3, 0.4) is 0 Å². The van der Waals surface area contributed by atoms with Gasteiger partial charge in [0.2, 0.25) is 0 Å². The van der Waals surface area contributed by atoms with Crippen LogP contribution in [0.5, 0.6) is 0 Å². The van der Waals surface area contributed by atoms with E-state index < -0.39 is 6.04 Å². The van der Waals surface area contributed by atoms with Gasteiger partial charge in [-0.15, -0.1) is 0 Å². The fourth-order valence-corrected chi connectivity index (χ4v) is 2.97. The maximum atomic E-state index is 12.8. The van der Waals surface area contributed by atoms with Crippen LogP contribution in [0.25, 0.3) is 0 Å². The minimum Gasteiger partial charge on any atom is -0.311 e. The first-order chi connectivity index (χ1) is 10.5. The summed E-state index contributed by atoms with van der Waals surface area (Å²) < 4.78 is 0.866. The fraction of sp³-hybridized carbons (Fsp3) is 0.188. The highest BCUT2D eigenvalue weighted by Gasteiger charge is 2.45. The van der Waals surface area contributed by atoms with E-state index in [2.05, 4.69) is 20.9 Å². The van der Waals surface area contributed by atoms with Crippen LogP contribution >= 0.6 is 15.9 Å². The number of imide groups is 1. The van der Waals surface area contributed by atoms with E-state index >= 15 is 0 Å². The van der Waals surface area contributed by atoms with Gasteiger partial charge >= 0.3 is 6.03 Å². The highest BCUT2D eigenvalue weighted by Crippen LogP contribution is 2.33. The third-order valence-electron chi connectivity index (χ3n) is 3.60. The van der Waals surface area contributed by atoms with Crippen molar-refractivity contribution in [2.45, 2.75) is 13.0 Å². The fourth-order valence-electron chi connectivity index (χ4n) is 2.56. The number of halogens is 1. The van der Waals surface area contributed by atoms with Crippen molar-refractivity contribution in [2.75, 3.05) is 11.9 Å². The Bertz CT molecular complexity index is 763. The molecule has 1 aliphatic heterocycles. The van der Waals surface area contributed by atoms with Gasteiger partial charge in [-0.05, 0) is 36.8 Å². The summed E-state index contributed by atoms with van der Waals surface area (Å²) in [6, 6.07) is 11.7. The second kappa shape index (κ2) is 5.53. The Labute approximate surface area is 136 Å². The number of amides is 3. The number of pyridine rings is 1. The van der Waals surface area contributed by atoms with Gasteiger partial charge < -0.3 is 4.90 Å². The van der Waals surface area contributed by atoms with Crippen molar-refractivity contribution < 1.29 is 9.59 Å². The van der Waals surface area contributed by atoms with Crippen LogP contribution in [-0.2, 0) is 4.79 Å². The number of likely N-dealkylation sites (N-methyl/N-ethyl adjacent to an activating group) is 1. The first kappa shape index (κ1) is 14.7. The minimum absolute atomic E-state index is 0.288. The molecule has 1 atom stereocenters. The molecule has 2 heterocycles. The highest BCUT2D eigenvalue weighted by atomic mass is 79.9. The summed E-state index contributed by atoms with van der Waals surface area (Å²) in [5, 5.41) is 0. The molecule has 1 fully saturated rings. The summed E-state index contributed by atoms with van der Waals surface area (Å²) in [7, 11) is 1.63. The molecule has 5 nitrogen and oxygen atoms in total. The number of aryl methyl sites for hydroxylation is 1. The van der Waals surface area contributed by atoms with Crippen LogP contribution in [0.4, 0.5) is 10.6 Å². The number of rotatable bonds is 2. The summed E-state index contributed by atoms with van der Waals surface area (Å²) in [4.78, 5) is 32.1. The lowest BCUT2D eigenvalue weighted by molar-refractivity contribution is -0.119. The summed E-state index contributed by atoms with van der Waals surface area (Å²) in [6.45, 7) is 1.82. The molecule has 0 unspecified atom stereocenters. The summed E-state index contributed by atoms with van der Waals surface area (Å²) in [5.41, 5.74) is 1.53. The minimum atomic E-state index is -0.632. The monoisotopic (exact) mass is 359 g/mol. The van der Waals surface area contributed by atoms with Crippen molar-refractivity contribution in [3.63, 3.8) is 0 Å². The normalized spacial score (nSPS) is 18.2. The molecular weight excluding hydrogens is 346 g/mol. The van der Waals surface area contributed by atoms with E-state index in [0.29, 0.717) is 5.82 Å². The lowest BCUT2D eigenvalue weighted by Crippen LogP contribution is -2.32. The largest absolute Gasteiger partial charge is 0.333 e. The number of hydrogen-bond acceptors (Lipinski definition) is 3. The molecule has 112 valence electrons. The summed E-state index contributed by atoms with van der Waals surface area (Å²) in [5.74, 6) is 0.0723. The van der Waals surface area contributed by atoms with E-state index in [1.807, 2.05) is 37.3 Å². The molecule has 0 bridgehead atoms. The van der Waals surface area contributed by atoms with Gasteiger partial charge in [-0.1, -0.05) is 34.1 Å². The average molecular weight is 360 g/mol. The van der Waals surface area contributed by atoms with Gasteiger partial charge in [0.25, 0.3) is 5.91 Å². The van der Waals surface area contributed by atoms with E-state index in [1.165, 1.54) is 4.90 Å². The molecule has 1 aliphatic rings. The highest BCUT2D eigenvalue weighted by molar-refractivity contribution is 9.10. The SMILES string of the molecule is Cc1cccc(N2C(=O)[C@@H](c3cccc(Br)c3)N(C)C2=O)n1. The molecule has 2 aromatic rings. The molecule has 6 heteroatoms. The van der Waals surface area contributed by atoms with Gasteiger partial charge in [0, 0.05) is 17.2 Å². The summed E-state index contributed by atoms with van der Waals surface area (Å²) in [6.07, 6.45) is 0. The van der Waals surface area contributed by atoms with Gasteiger partial charge in [-0.3, -0.25) is 4.79 Å². The van der Waals surface area contributed by atoms with E-state index in [4.69, 9.17) is 0 Å². The third-order valence-corrected chi connectivity index (χ3v) is 4.10. The van der Waals surface area contributed by atoms with Gasteiger partial charge in [0.05, 0.1) is 0 Å². The van der Waals surface area contributed by atoms with Gasteiger partial charge in [0.15, 0.2) is 0 Å². The number of benzene rings is 1. The molecule has 0 spiro atoms. The Morgan fingerprint density at radius 3 is 2.55 bits per heavy atom. The molecule has 0 radical (unpaired) electrons. The molecular formula is C16H14BrN3O2. The Balaban J connectivity index is 2.02. The van der Waals surface area contributed by atoms with Crippen molar-refractivity contribution >= 4 is 33.7 Å². The maximum Gasteiger partial charge on any atom is 0.333 e. The van der Waals surface area contributed by atoms with E-state index in [-0.39, 0.29) is 11.9 Å². The first-order valence-corrected chi connectivity index (χ1v) is 7.58. The van der Waals surface area contributed by atoms with Crippen LogP contribution in [0.2, 0.25) is 0 Å². The molecule has 0 aliphatic carbocycles. The van der Waals surface area contributed by atoms with E-state index in [0.717, 1.165) is 20.6 Å². The van der Waals surface area contributed by atoms with Crippen LogP contribution in [0.1, 0.15) is 17.3 Å². The Kier molecular flexibility index (Phi) is 3.70. The zero-order valence-corrected chi connectivity index (χ0v) is 13.7. The molecule has 3 rings (SSSR count). The average Bonchev–Trinajstić information content (AvgIpc) is 2.69. The standard InChI is InChI=1S/C16H14BrN3O2/c1-10-5-3-8-13(18-10)20-15(21)14(19(2)16(20)22)11-6-4-7-12(17)9-11/h3-9,14H,1-2H3/t14-/m1/s1. The molecule has 1 aromatic carbocycles. The zero-order valence-electron chi connectivity index (χ0n) is 12.2. The lowest BCUT2D eigenvalue weighted by Gasteiger charge is -2.16. The van der Waals surface area contributed by atoms with Crippen LogP contribution in [0, 0.1) is 6.92 Å². The number of aromatic nitrogens is 1. The van der Waals surface area contributed by atoms with Crippen molar-refractivity contribution in [1.29, 1.82) is 0 Å². The van der Waals surface area contributed by atoms with Crippen molar-refractivity contribution in [3.05, 3.63) is 58.2 Å². The predicted octanol–water partition coefficient (Wildman–Crippen LogP) is 3.29. The van der Waals surface area contributed by atoms with E-state index in [1.54, 1.807) is 19.2 Å². The summed E-state index contributed by atoms with van der Waals surface area (Å²) >= 11 is 3.39. The van der Waals surface area contributed by atoms with Gasteiger partial charge in [-0.2, -0.15) is 0 Å². The quantitative estimate of drug-likeness (QED) is 0.773. The second-order valence-electron chi connectivity index (χ2n) is 5.16. The number of urea groups is 1. The molecule has 0 N–H and O–H groups in total. The van der Waals surface area contributed by atoms with Crippen LogP contribution in [-0.4, -0.2) is 28.9 Å². The molecule has 3 amide bonds. The van der Waals surface area contributed by atoms with Crippen molar-refractivity contribution in [1.82, 2.24) is 9.88 Å². The number of carbonyl (C=O) groups excluding carboxylic acids is 2. The first-order valence-electron chi connectivity index (χ1n) is 6.79. The third kappa shape index (κ3) is 2.39. The predicted molar refractivity (Wildman–Crippen MR) is 86.5 cm³/mol. The van der Waals surface area contributed by atoms with Crippen molar-refractivity contribution in [2.24, 2.45) is 0 Å². The van der Waals surface area contributed by atoms with Crippen molar-refractivity contribution in [3.8, 4) is 0 Å². The zero-order chi connectivity index (χ0) is 15.9. The number of anilines is 1. The lowest BCUT2D eigenvalue weighted by atomic mass is 10.1. The van der Waals surface area contributed by atoms with Gasteiger partial charge in [-0.25, -0.2) is 14.7 Å². The molecule has 0 saturated carbocycles. The maximum absolute atomic E-state index is 12.8.